The summed E-state index contributed by atoms with van der Waals surface area (Å²) in [5.41, 5.74) is 0.562. The van der Waals surface area contributed by atoms with Gasteiger partial charge in [-0.05, 0) is 27.4 Å². The molecule has 1 amide bonds. The number of thiophene rings is 1. The number of halogens is 1. The predicted octanol–water partition coefficient (Wildman–Crippen LogP) is 1.95. The molecule has 0 saturated heterocycles. The highest BCUT2D eigenvalue weighted by Crippen LogP contribution is 2.23. The maximum atomic E-state index is 11.7. The molecular formula is C8H5BrN4OS. The van der Waals surface area contributed by atoms with E-state index in [0.717, 1.165) is 3.79 Å². The molecule has 0 aliphatic heterocycles. The lowest BCUT2D eigenvalue weighted by atomic mass is 10.3. The van der Waals surface area contributed by atoms with E-state index in [0.29, 0.717) is 5.56 Å². The van der Waals surface area contributed by atoms with Gasteiger partial charge in [0.1, 0.15) is 0 Å². The Balaban J connectivity index is 2.15. The lowest BCUT2D eigenvalue weighted by Gasteiger charge is -2.00. The van der Waals surface area contributed by atoms with Gasteiger partial charge in [-0.15, -0.1) is 16.4 Å². The van der Waals surface area contributed by atoms with Crippen LogP contribution in [0.2, 0.25) is 0 Å². The average molecular weight is 285 g/mol. The smallest absolute Gasteiger partial charge is 0.260 e. The van der Waals surface area contributed by atoms with Crippen molar-refractivity contribution in [2.75, 3.05) is 5.32 Å². The fourth-order valence-corrected chi connectivity index (χ4v) is 2.18. The molecule has 0 bridgehead atoms. The zero-order chi connectivity index (χ0) is 10.7. The Labute approximate surface area is 97.7 Å². The van der Waals surface area contributed by atoms with Crippen molar-refractivity contribution in [2.45, 2.75) is 0 Å². The van der Waals surface area contributed by atoms with E-state index < -0.39 is 0 Å². The van der Waals surface area contributed by atoms with Crippen LogP contribution in [0.1, 0.15) is 10.4 Å². The monoisotopic (exact) mass is 284 g/mol. The number of nitrogens with one attached hydrogen (secondary N) is 1. The summed E-state index contributed by atoms with van der Waals surface area (Å²) in [5.74, 6) is -0.0586. The Hall–Kier alpha value is -1.34. The second-order valence-electron chi connectivity index (χ2n) is 2.53. The van der Waals surface area contributed by atoms with Gasteiger partial charge in [-0.25, -0.2) is 4.98 Å². The number of nitrogens with zero attached hydrogens (tertiary/aromatic N) is 3. The van der Waals surface area contributed by atoms with Crippen LogP contribution < -0.4 is 5.32 Å². The van der Waals surface area contributed by atoms with Gasteiger partial charge in [-0.2, -0.15) is 5.10 Å². The topological polar surface area (TPSA) is 67.8 Å². The molecule has 5 nitrogen and oxygen atoms in total. The fourth-order valence-electron chi connectivity index (χ4n) is 0.929. The quantitative estimate of drug-likeness (QED) is 0.915. The molecule has 0 aliphatic rings. The highest BCUT2D eigenvalue weighted by Gasteiger charge is 2.11. The highest BCUT2D eigenvalue weighted by atomic mass is 79.9. The number of aromatic nitrogens is 3. The van der Waals surface area contributed by atoms with Gasteiger partial charge in [0.2, 0.25) is 5.95 Å². The number of rotatable bonds is 2. The Morgan fingerprint density at radius 2 is 2.33 bits per heavy atom. The summed E-state index contributed by atoms with van der Waals surface area (Å²) in [6.45, 7) is 0. The molecule has 2 heterocycles. The predicted molar refractivity (Wildman–Crippen MR) is 59.8 cm³/mol. The van der Waals surface area contributed by atoms with Gasteiger partial charge in [0.05, 0.1) is 21.7 Å². The molecular weight excluding hydrogens is 280 g/mol. The molecule has 0 saturated carbocycles. The zero-order valence-electron chi connectivity index (χ0n) is 7.35. The van der Waals surface area contributed by atoms with E-state index >= 15 is 0 Å². The fraction of sp³-hybridized carbons (Fsp3) is 0. The number of anilines is 1. The van der Waals surface area contributed by atoms with Crippen LogP contribution in [0.4, 0.5) is 5.95 Å². The van der Waals surface area contributed by atoms with Gasteiger partial charge >= 0.3 is 0 Å². The molecule has 0 spiro atoms. The van der Waals surface area contributed by atoms with E-state index in [2.05, 4.69) is 36.4 Å². The van der Waals surface area contributed by atoms with Gasteiger partial charge in [-0.3, -0.25) is 10.1 Å². The maximum Gasteiger partial charge on any atom is 0.260 e. The molecule has 0 radical (unpaired) electrons. The third kappa shape index (κ3) is 2.37. The average Bonchev–Trinajstić information content (AvgIpc) is 2.66. The maximum absolute atomic E-state index is 11.7. The van der Waals surface area contributed by atoms with Crippen molar-refractivity contribution in [1.82, 2.24) is 15.2 Å². The van der Waals surface area contributed by atoms with Gasteiger partial charge in [0, 0.05) is 0 Å². The largest absolute Gasteiger partial charge is 0.289 e. The van der Waals surface area contributed by atoms with Crippen LogP contribution >= 0.6 is 27.3 Å². The number of carbonyl (C=O) groups excluding carboxylic acids is 1. The number of carbonyl (C=O) groups is 1. The Morgan fingerprint density at radius 3 is 2.93 bits per heavy atom. The van der Waals surface area contributed by atoms with Crippen molar-refractivity contribution in [1.29, 1.82) is 0 Å². The van der Waals surface area contributed by atoms with Crippen molar-refractivity contribution in [2.24, 2.45) is 0 Å². The Bertz CT molecular complexity index is 473. The molecule has 0 aliphatic carbocycles. The first kappa shape index (κ1) is 10.2. The normalized spacial score (nSPS) is 9.93. The standard InChI is InChI=1S/C8H5BrN4OS/c9-6-5(1-4-15-6)7(14)12-8-10-2-3-11-13-8/h1-4H,(H,10,12,13,14). The Kier molecular flexibility index (Phi) is 3.02. The SMILES string of the molecule is O=C(Nc1nccnn1)c1ccsc1Br. The number of hydrogen-bond donors (Lipinski definition) is 1. The van der Waals surface area contributed by atoms with Crippen molar-refractivity contribution in [3.63, 3.8) is 0 Å². The minimum absolute atomic E-state index is 0.195. The lowest BCUT2D eigenvalue weighted by molar-refractivity contribution is 0.102. The minimum Gasteiger partial charge on any atom is -0.289 e. The van der Waals surface area contributed by atoms with E-state index in [4.69, 9.17) is 0 Å². The first-order valence-corrected chi connectivity index (χ1v) is 5.62. The minimum atomic E-state index is -0.254. The molecule has 15 heavy (non-hydrogen) atoms. The molecule has 0 fully saturated rings. The summed E-state index contributed by atoms with van der Waals surface area (Å²) in [6, 6.07) is 1.72. The second kappa shape index (κ2) is 4.45. The van der Waals surface area contributed by atoms with Crippen molar-refractivity contribution >= 4 is 39.1 Å². The van der Waals surface area contributed by atoms with Crippen LogP contribution in [-0.4, -0.2) is 21.1 Å². The van der Waals surface area contributed by atoms with Crippen LogP contribution in [0.25, 0.3) is 0 Å². The van der Waals surface area contributed by atoms with Crippen molar-refractivity contribution in [3.05, 3.63) is 33.2 Å². The van der Waals surface area contributed by atoms with Crippen LogP contribution in [0.5, 0.6) is 0 Å². The second-order valence-corrected chi connectivity index (χ2v) is 4.76. The molecule has 2 aromatic heterocycles. The zero-order valence-corrected chi connectivity index (χ0v) is 9.75. The Morgan fingerprint density at radius 1 is 1.47 bits per heavy atom. The number of hydrogen-bond acceptors (Lipinski definition) is 5. The molecule has 7 heteroatoms. The third-order valence-corrected chi connectivity index (χ3v) is 3.26. The molecule has 0 atom stereocenters. The number of amides is 1. The lowest BCUT2D eigenvalue weighted by Crippen LogP contribution is -2.13. The first-order chi connectivity index (χ1) is 7.27. The van der Waals surface area contributed by atoms with E-state index in [1.54, 1.807) is 6.07 Å². The first-order valence-electron chi connectivity index (χ1n) is 3.95. The summed E-state index contributed by atoms with van der Waals surface area (Å²) in [4.78, 5) is 15.5. The van der Waals surface area contributed by atoms with Crippen molar-refractivity contribution < 1.29 is 4.79 Å². The molecule has 0 unspecified atom stereocenters. The molecule has 76 valence electrons. The van der Waals surface area contributed by atoms with Crippen LogP contribution in [0.15, 0.2) is 27.6 Å². The summed E-state index contributed by atoms with van der Waals surface area (Å²) >= 11 is 4.72. The van der Waals surface area contributed by atoms with Gasteiger partial charge < -0.3 is 0 Å². The van der Waals surface area contributed by atoms with Crippen LogP contribution in [-0.2, 0) is 0 Å². The van der Waals surface area contributed by atoms with Crippen molar-refractivity contribution in [3.8, 4) is 0 Å². The van der Waals surface area contributed by atoms with Crippen LogP contribution in [0.3, 0.4) is 0 Å². The van der Waals surface area contributed by atoms with Gasteiger partial charge in [0.15, 0.2) is 0 Å². The molecule has 1 N–H and O–H groups in total. The van der Waals surface area contributed by atoms with E-state index in [1.165, 1.54) is 23.7 Å². The summed E-state index contributed by atoms with van der Waals surface area (Å²) < 4.78 is 0.781. The van der Waals surface area contributed by atoms with E-state index in [1.807, 2.05) is 5.38 Å². The molecule has 2 aromatic rings. The molecule has 2 rings (SSSR count). The highest BCUT2D eigenvalue weighted by molar-refractivity contribution is 9.11. The van der Waals surface area contributed by atoms with E-state index in [9.17, 15) is 4.79 Å². The molecule has 0 aromatic carbocycles. The van der Waals surface area contributed by atoms with Crippen LogP contribution in [0, 0.1) is 0 Å². The summed E-state index contributed by atoms with van der Waals surface area (Å²) in [7, 11) is 0. The summed E-state index contributed by atoms with van der Waals surface area (Å²) in [5, 5.41) is 11.6. The summed E-state index contributed by atoms with van der Waals surface area (Å²) in [6.07, 6.45) is 2.90. The van der Waals surface area contributed by atoms with Gasteiger partial charge in [0.25, 0.3) is 5.91 Å². The van der Waals surface area contributed by atoms with Gasteiger partial charge in [-0.1, -0.05) is 0 Å². The third-order valence-electron chi connectivity index (χ3n) is 1.57. The van der Waals surface area contributed by atoms with E-state index in [-0.39, 0.29) is 11.9 Å².